The van der Waals surface area contributed by atoms with E-state index in [-0.39, 0.29) is 5.82 Å². The Morgan fingerprint density at radius 3 is 2.83 bits per heavy atom. The van der Waals surface area contributed by atoms with Crippen LogP contribution in [0.5, 0.6) is 0 Å². The number of methoxy groups -OCH3 is 1. The van der Waals surface area contributed by atoms with Gasteiger partial charge in [-0.05, 0) is 58.3 Å². The maximum Gasteiger partial charge on any atom is 0.137 e. The highest BCUT2D eigenvalue weighted by atomic mass is 79.9. The van der Waals surface area contributed by atoms with Crippen molar-refractivity contribution in [3.8, 4) is 0 Å². The van der Waals surface area contributed by atoms with Crippen LogP contribution in [0.3, 0.4) is 0 Å². The largest absolute Gasteiger partial charge is 0.385 e. The third kappa shape index (κ3) is 3.77. The molecule has 1 aromatic carbocycles. The van der Waals surface area contributed by atoms with Gasteiger partial charge in [-0.1, -0.05) is 6.07 Å². The Morgan fingerprint density at radius 1 is 1.44 bits per heavy atom. The first-order valence-corrected chi connectivity index (χ1v) is 7.08. The molecule has 0 heterocycles. The van der Waals surface area contributed by atoms with Crippen molar-refractivity contribution in [3.05, 3.63) is 34.1 Å². The maximum absolute atomic E-state index is 13.1. The summed E-state index contributed by atoms with van der Waals surface area (Å²) < 4.78 is 18.7. The molecule has 2 rings (SSSR count). The predicted octanol–water partition coefficient (Wildman–Crippen LogP) is 3.49. The highest BCUT2D eigenvalue weighted by Crippen LogP contribution is 2.48. The van der Waals surface area contributed by atoms with E-state index in [9.17, 15) is 4.39 Å². The lowest BCUT2D eigenvalue weighted by atomic mass is 10.0. The van der Waals surface area contributed by atoms with E-state index in [2.05, 4.69) is 21.2 Å². The van der Waals surface area contributed by atoms with Crippen molar-refractivity contribution < 1.29 is 9.13 Å². The summed E-state index contributed by atoms with van der Waals surface area (Å²) in [4.78, 5) is 0. The minimum atomic E-state index is -0.211. The van der Waals surface area contributed by atoms with E-state index >= 15 is 0 Å². The first-order valence-electron chi connectivity index (χ1n) is 6.29. The van der Waals surface area contributed by atoms with Crippen LogP contribution in [0.1, 0.15) is 24.8 Å². The zero-order valence-corrected chi connectivity index (χ0v) is 12.2. The lowest BCUT2D eigenvalue weighted by Crippen LogP contribution is -2.24. The summed E-state index contributed by atoms with van der Waals surface area (Å²) in [6.45, 7) is 2.64. The molecular formula is C14H19BrFNO. The minimum absolute atomic E-state index is 0.211. The molecule has 0 aliphatic heterocycles. The molecule has 1 aromatic rings. The van der Waals surface area contributed by atoms with Crippen LogP contribution in [-0.4, -0.2) is 20.3 Å². The van der Waals surface area contributed by atoms with Crippen molar-refractivity contribution in [2.75, 3.05) is 20.3 Å². The van der Waals surface area contributed by atoms with Crippen molar-refractivity contribution in [1.82, 2.24) is 5.32 Å². The fraction of sp³-hybridized carbons (Fsp3) is 0.571. The molecule has 18 heavy (non-hydrogen) atoms. The van der Waals surface area contributed by atoms with Gasteiger partial charge in [-0.15, -0.1) is 0 Å². The highest BCUT2D eigenvalue weighted by Gasteiger charge is 2.41. The molecule has 1 aliphatic rings. The Labute approximate surface area is 116 Å². The van der Waals surface area contributed by atoms with Crippen molar-refractivity contribution in [1.29, 1.82) is 0 Å². The van der Waals surface area contributed by atoms with Gasteiger partial charge in [0, 0.05) is 26.8 Å². The van der Waals surface area contributed by atoms with Gasteiger partial charge in [0.15, 0.2) is 0 Å². The second-order valence-electron chi connectivity index (χ2n) is 5.09. The molecule has 0 atom stereocenters. The fourth-order valence-corrected chi connectivity index (χ4v) is 2.56. The zero-order valence-electron chi connectivity index (χ0n) is 10.6. The second kappa shape index (κ2) is 6.13. The summed E-state index contributed by atoms with van der Waals surface area (Å²) in [6.07, 6.45) is 3.70. The van der Waals surface area contributed by atoms with Gasteiger partial charge >= 0.3 is 0 Å². The Kier molecular flexibility index (Phi) is 4.76. The number of ether oxygens (including phenoxy) is 1. The number of rotatable bonds is 7. The second-order valence-corrected chi connectivity index (χ2v) is 5.95. The Bertz CT molecular complexity index is 407. The third-order valence-corrected chi connectivity index (χ3v) is 4.21. The average molecular weight is 316 g/mol. The molecular weight excluding hydrogens is 297 g/mol. The van der Waals surface area contributed by atoms with Crippen molar-refractivity contribution in [3.63, 3.8) is 0 Å². The normalized spacial score (nSPS) is 16.8. The molecule has 4 heteroatoms. The van der Waals surface area contributed by atoms with Gasteiger partial charge < -0.3 is 10.1 Å². The molecule has 0 bridgehead atoms. The highest BCUT2D eigenvalue weighted by molar-refractivity contribution is 9.10. The lowest BCUT2D eigenvalue weighted by Gasteiger charge is -2.15. The number of hydrogen-bond donors (Lipinski definition) is 1. The Hall–Kier alpha value is -0.450. The van der Waals surface area contributed by atoms with E-state index < -0.39 is 0 Å². The quantitative estimate of drug-likeness (QED) is 0.831. The van der Waals surface area contributed by atoms with Gasteiger partial charge in [0.2, 0.25) is 0 Å². The smallest absolute Gasteiger partial charge is 0.137 e. The number of benzene rings is 1. The summed E-state index contributed by atoms with van der Waals surface area (Å²) >= 11 is 3.20. The Morgan fingerprint density at radius 2 is 2.22 bits per heavy atom. The van der Waals surface area contributed by atoms with Crippen LogP contribution in [0, 0.1) is 11.2 Å². The number of halogens is 2. The van der Waals surface area contributed by atoms with Crippen molar-refractivity contribution in [2.24, 2.45) is 5.41 Å². The van der Waals surface area contributed by atoms with Crippen LogP contribution in [0.2, 0.25) is 0 Å². The van der Waals surface area contributed by atoms with Crippen LogP contribution in [0.4, 0.5) is 4.39 Å². The molecule has 100 valence electrons. The first-order chi connectivity index (χ1) is 8.65. The van der Waals surface area contributed by atoms with Gasteiger partial charge in [-0.3, -0.25) is 0 Å². The van der Waals surface area contributed by atoms with E-state index in [1.165, 1.54) is 18.9 Å². The van der Waals surface area contributed by atoms with Gasteiger partial charge in [0.25, 0.3) is 0 Å². The molecule has 1 N–H and O–H groups in total. The number of hydrogen-bond acceptors (Lipinski definition) is 2. The Balaban J connectivity index is 1.76. The third-order valence-electron chi connectivity index (χ3n) is 3.61. The van der Waals surface area contributed by atoms with Gasteiger partial charge in [0.05, 0.1) is 4.47 Å². The summed E-state index contributed by atoms with van der Waals surface area (Å²) in [6, 6.07) is 5.15. The topological polar surface area (TPSA) is 21.3 Å². The van der Waals surface area contributed by atoms with Crippen LogP contribution < -0.4 is 5.32 Å². The molecule has 1 aliphatic carbocycles. The van der Waals surface area contributed by atoms with Gasteiger partial charge in [-0.2, -0.15) is 0 Å². The van der Waals surface area contributed by atoms with Crippen molar-refractivity contribution >= 4 is 15.9 Å². The molecule has 1 fully saturated rings. The predicted molar refractivity (Wildman–Crippen MR) is 74.0 cm³/mol. The standard InChI is InChI=1S/C14H19BrFNO/c1-18-7-6-14(4-5-14)10-17-9-11-2-3-13(16)12(15)8-11/h2-3,8,17H,4-7,9-10H2,1H3. The van der Waals surface area contributed by atoms with E-state index in [1.54, 1.807) is 7.11 Å². The van der Waals surface area contributed by atoms with Gasteiger partial charge in [-0.25, -0.2) is 4.39 Å². The maximum atomic E-state index is 13.1. The SMILES string of the molecule is COCCC1(CNCc2ccc(F)c(Br)c2)CC1. The summed E-state index contributed by atoms with van der Waals surface area (Å²) in [7, 11) is 1.75. The zero-order chi connectivity index (χ0) is 13.0. The molecule has 0 unspecified atom stereocenters. The summed E-state index contributed by atoms with van der Waals surface area (Å²) in [5.74, 6) is -0.211. The molecule has 0 spiro atoms. The van der Waals surface area contributed by atoms with E-state index in [0.29, 0.717) is 9.89 Å². The lowest BCUT2D eigenvalue weighted by molar-refractivity contribution is 0.171. The molecule has 0 radical (unpaired) electrons. The van der Waals surface area contributed by atoms with Crippen molar-refractivity contribution in [2.45, 2.75) is 25.8 Å². The van der Waals surface area contributed by atoms with Crippen LogP contribution in [0.25, 0.3) is 0 Å². The van der Waals surface area contributed by atoms with Crippen LogP contribution in [0.15, 0.2) is 22.7 Å². The molecule has 0 amide bonds. The number of nitrogens with one attached hydrogen (secondary N) is 1. The van der Waals surface area contributed by atoms with Gasteiger partial charge in [0.1, 0.15) is 5.82 Å². The van der Waals surface area contributed by atoms with Crippen LogP contribution in [-0.2, 0) is 11.3 Å². The van der Waals surface area contributed by atoms with Crippen LogP contribution >= 0.6 is 15.9 Å². The monoisotopic (exact) mass is 315 g/mol. The fourth-order valence-electron chi connectivity index (χ4n) is 2.13. The first kappa shape index (κ1) is 14.0. The average Bonchev–Trinajstić information content (AvgIpc) is 3.12. The van der Waals surface area contributed by atoms with E-state index in [0.717, 1.165) is 31.7 Å². The van der Waals surface area contributed by atoms with E-state index in [1.807, 2.05) is 12.1 Å². The molecule has 2 nitrogen and oxygen atoms in total. The summed E-state index contributed by atoms with van der Waals surface area (Å²) in [5.41, 5.74) is 1.55. The van der Waals surface area contributed by atoms with E-state index in [4.69, 9.17) is 4.74 Å². The molecule has 0 aromatic heterocycles. The molecule has 1 saturated carbocycles. The summed E-state index contributed by atoms with van der Waals surface area (Å²) in [5, 5.41) is 3.46. The minimum Gasteiger partial charge on any atom is -0.385 e. The molecule has 0 saturated heterocycles.